The minimum absolute atomic E-state index is 0.0404. The van der Waals surface area contributed by atoms with Gasteiger partial charge in [0, 0.05) is 53.8 Å². The average Bonchev–Trinajstić information content (AvgIpc) is 3.44. The lowest BCUT2D eigenvalue weighted by Gasteiger charge is -2.17. The summed E-state index contributed by atoms with van der Waals surface area (Å²) < 4.78 is 33.0. The standard InChI is InChI=1S/C28H26FNO6/c1-16(31)30-18-3-2-4-19(13-18)35-24-11-9-23(29)28-22(24)8-10-25(28)36-20-6-7-21-17(5-12-27(32)33)15-34-26(21)14-20/h2-4,6-7,9,11,13-14,17,25H,5,8,10,12,15H2,1H3,(H,30,31)(H,32,33)/t17-,25-/m1/s1. The van der Waals surface area contributed by atoms with Gasteiger partial charge in [-0.25, -0.2) is 4.39 Å². The van der Waals surface area contributed by atoms with E-state index in [-0.39, 0.29) is 24.1 Å². The summed E-state index contributed by atoms with van der Waals surface area (Å²) in [4.78, 5) is 22.3. The number of carbonyl (C=O) groups is 2. The molecule has 0 fully saturated rings. The van der Waals surface area contributed by atoms with Gasteiger partial charge >= 0.3 is 5.97 Å². The molecule has 2 atom stereocenters. The SMILES string of the molecule is CC(=O)Nc1cccc(Oc2ccc(F)c3c2CC[C@H]3Oc2ccc3c(c2)OC[C@H]3CCC(=O)O)c1. The summed E-state index contributed by atoms with van der Waals surface area (Å²) in [7, 11) is 0. The number of benzene rings is 3. The predicted octanol–water partition coefficient (Wildman–Crippen LogP) is 5.98. The van der Waals surface area contributed by atoms with Gasteiger partial charge in [0.2, 0.25) is 5.91 Å². The molecule has 0 aromatic heterocycles. The zero-order chi connectivity index (χ0) is 25.2. The van der Waals surface area contributed by atoms with Crippen LogP contribution in [-0.2, 0) is 16.0 Å². The maximum Gasteiger partial charge on any atom is 0.303 e. The van der Waals surface area contributed by atoms with Crippen LogP contribution in [0, 0.1) is 5.82 Å². The van der Waals surface area contributed by atoms with Gasteiger partial charge in [-0.3, -0.25) is 9.59 Å². The molecule has 8 heteroatoms. The van der Waals surface area contributed by atoms with Crippen molar-refractivity contribution in [2.75, 3.05) is 11.9 Å². The molecule has 0 saturated heterocycles. The molecule has 3 aromatic carbocycles. The van der Waals surface area contributed by atoms with Crippen molar-refractivity contribution in [2.45, 2.75) is 44.6 Å². The van der Waals surface area contributed by atoms with Crippen LogP contribution in [0.1, 0.15) is 54.9 Å². The molecule has 2 N–H and O–H groups in total. The number of amides is 1. The third-order valence-corrected chi connectivity index (χ3v) is 6.47. The van der Waals surface area contributed by atoms with Crippen LogP contribution in [0.2, 0.25) is 0 Å². The Morgan fingerprint density at radius 2 is 2.00 bits per heavy atom. The Hall–Kier alpha value is -4.07. The van der Waals surface area contributed by atoms with Crippen molar-refractivity contribution >= 4 is 17.6 Å². The first-order valence-corrected chi connectivity index (χ1v) is 11.9. The van der Waals surface area contributed by atoms with E-state index >= 15 is 0 Å². The highest BCUT2D eigenvalue weighted by Gasteiger charge is 2.32. The second kappa shape index (κ2) is 9.89. The molecular formula is C28H26FNO6. The number of hydrogen-bond acceptors (Lipinski definition) is 5. The number of fused-ring (bicyclic) bond motifs is 2. The van der Waals surface area contributed by atoms with E-state index in [2.05, 4.69) is 5.32 Å². The fraction of sp³-hybridized carbons (Fsp3) is 0.286. The van der Waals surface area contributed by atoms with Gasteiger partial charge in [0.05, 0.1) is 6.61 Å². The molecule has 5 rings (SSSR count). The van der Waals surface area contributed by atoms with Crippen molar-refractivity contribution in [1.29, 1.82) is 0 Å². The topological polar surface area (TPSA) is 94.1 Å². The Morgan fingerprint density at radius 3 is 2.81 bits per heavy atom. The normalized spacial score (nSPS) is 17.6. The number of hydrogen-bond donors (Lipinski definition) is 2. The van der Waals surface area contributed by atoms with Gasteiger partial charge in [-0.1, -0.05) is 12.1 Å². The van der Waals surface area contributed by atoms with Crippen LogP contribution in [0.15, 0.2) is 54.6 Å². The number of carbonyl (C=O) groups excluding carboxylic acids is 1. The van der Waals surface area contributed by atoms with E-state index < -0.39 is 12.1 Å². The molecule has 7 nitrogen and oxygen atoms in total. The molecule has 0 bridgehead atoms. The lowest BCUT2D eigenvalue weighted by molar-refractivity contribution is -0.137. The van der Waals surface area contributed by atoms with Gasteiger partial charge in [-0.2, -0.15) is 0 Å². The number of ether oxygens (including phenoxy) is 3. The third kappa shape index (κ3) is 4.98. The average molecular weight is 492 g/mol. The monoisotopic (exact) mass is 491 g/mol. The third-order valence-electron chi connectivity index (χ3n) is 6.47. The summed E-state index contributed by atoms with van der Waals surface area (Å²) in [6, 6.07) is 15.5. The Bertz CT molecular complexity index is 1320. The molecular weight excluding hydrogens is 465 g/mol. The number of anilines is 1. The van der Waals surface area contributed by atoms with Crippen LogP contribution in [0.25, 0.3) is 0 Å². The smallest absolute Gasteiger partial charge is 0.303 e. The summed E-state index contributed by atoms with van der Waals surface area (Å²) >= 11 is 0. The first-order chi connectivity index (χ1) is 17.4. The second-order valence-corrected chi connectivity index (χ2v) is 9.03. The summed E-state index contributed by atoms with van der Waals surface area (Å²) in [5.41, 5.74) is 2.82. The van der Waals surface area contributed by atoms with Gasteiger partial charge in [0.25, 0.3) is 0 Å². The van der Waals surface area contributed by atoms with E-state index in [1.807, 2.05) is 12.1 Å². The van der Waals surface area contributed by atoms with E-state index in [1.165, 1.54) is 13.0 Å². The Labute approximate surface area is 207 Å². The molecule has 1 aliphatic heterocycles. The molecule has 0 radical (unpaired) electrons. The number of nitrogens with one attached hydrogen (secondary N) is 1. The first kappa shape index (κ1) is 23.7. The fourth-order valence-corrected chi connectivity index (χ4v) is 4.85. The van der Waals surface area contributed by atoms with Gasteiger partial charge in [-0.05, 0) is 49.6 Å². The van der Waals surface area contributed by atoms with E-state index in [9.17, 15) is 14.0 Å². The van der Waals surface area contributed by atoms with Crippen LogP contribution in [0.5, 0.6) is 23.0 Å². The highest BCUT2D eigenvalue weighted by molar-refractivity contribution is 5.88. The molecule has 186 valence electrons. The highest BCUT2D eigenvalue weighted by atomic mass is 19.1. The summed E-state index contributed by atoms with van der Waals surface area (Å²) in [5, 5.41) is 11.7. The summed E-state index contributed by atoms with van der Waals surface area (Å²) in [5.74, 6) is 1.02. The highest BCUT2D eigenvalue weighted by Crippen LogP contribution is 2.44. The van der Waals surface area contributed by atoms with Crippen molar-refractivity contribution in [3.05, 3.63) is 77.1 Å². The van der Waals surface area contributed by atoms with Gasteiger partial charge in [0.15, 0.2) is 0 Å². The van der Waals surface area contributed by atoms with Crippen LogP contribution >= 0.6 is 0 Å². The molecule has 36 heavy (non-hydrogen) atoms. The van der Waals surface area contributed by atoms with Crippen molar-refractivity contribution in [3.8, 4) is 23.0 Å². The van der Waals surface area contributed by atoms with Gasteiger partial charge < -0.3 is 24.6 Å². The fourth-order valence-electron chi connectivity index (χ4n) is 4.85. The van der Waals surface area contributed by atoms with Crippen LogP contribution in [0.4, 0.5) is 10.1 Å². The minimum Gasteiger partial charge on any atom is -0.493 e. The lowest BCUT2D eigenvalue weighted by atomic mass is 9.96. The minimum atomic E-state index is -0.825. The summed E-state index contributed by atoms with van der Waals surface area (Å²) in [6.07, 6.45) is 1.32. The predicted molar refractivity (Wildman–Crippen MR) is 130 cm³/mol. The van der Waals surface area contributed by atoms with Crippen LogP contribution in [0.3, 0.4) is 0 Å². The Balaban J connectivity index is 1.33. The van der Waals surface area contributed by atoms with Crippen LogP contribution < -0.4 is 19.5 Å². The van der Waals surface area contributed by atoms with Crippen molar-refractivity contribution < 1.29 is 33.3 Å². The van der Waals surface area contributed by atoms with E-state index in [1.54, 1.807) is 36.4 Å². The Morgan fingerprint density at radius 1 is 1.14 bits per heavy atom. The van der Waals surface area contributed by atoms with Crippen molar-refractivity contribution in [2.24, 2.45) is 0 Å². The lowest BCUT2D eigenvalue weighted by Crippen LogP contribution is -2.06. The van der Waals surface area contributed by atoms with E-state index in [0.717, 1.165) is 11.1 Å². The first-order valence-electron chi connectivity index (χ1n) is 11.9. The molecule has 0 spiro atoms. The molecule has 1 aliphatic carbocycles. The zero-order valence-electron chi connectivity index (χ0n) is 19.8. The molecule has 1 amide bonds. The van der Waals surface area contributed by atoms with E-state index in [4.69, 9.17) is 19.3 Å². The van der Waals surface area contributed by atoms with Gasteiger partial charge in [-0.15, -0.1) is 0 Å². The van der Waals surface area contributed by atoms with Crippen LogP contribution in [-0.4, -0.2) is 23.6 Å². The number of carboxylic acid groups (broad SMARTS) is 1. The summed E-state index contributed by atoms with van der Waals surface area (Å²) in [6.45, 7) is 1.88. The number of aliphatic carboxylic acids is 1. The van der Waals surface area contributed by atoms with Crippen molar-refractivity contribution in [3.63, 3.8) is 0 Å². The molecule has 1 heterocycles. The second-order valence-electron chi connectivity index (χ2n) is 9.03. The largest absolute Gasteiger partial charge is 0.493 e. The maximum absolute atomic E-state index is 14.9. The van der Waals surface area contributed by atoms with Gasteiger partial charge in [0.1, 0.15) is 34.9 Å². The molecule has 3 aromatic rings. The number of carboxylic acids is 1. The number of rotatable bonds is 8. The molecule has 0 saturated carbocycles. The molecule has 0 unspecified atom stereocenters. The zero-order valence-corrected chi connectivity index (χ0v) is 19.8. The molecule has 2 aliphatic rings. The number of halogens is 1. The van der Waals surface area contributed by atoms with E-state index in [0.29, 0.717) is 60.1 Å². The van der Waals surface area contributed by atoms with Crippen molar-refractivity contribution in [1.82, 2.24) is 0 Å². The maximum atomic E-state index is 14.9. The quantitative estimate of drug-likeness (QED) is 0.402. The Kier molecular flexibility index (Phi) is 6.50.